The summed E-state index contributed by atoms with van der Waals surface area (Å²) in [7, 11) is 0. The Morgan fingerprint density at radius 1 is 1.28 bits per heavy atom. The van der Waals surface area contributed by atoms with E-state index in [0.29, 0.717) is 23.9 Å². The highest BCUT2D eigenvalue weighted by molar-refractivity contribution is 5.76. The number of ether oxygens (including phenoxy) is 3. The van der Waals surface area contributed by atoms with Crippen molar-refractivity contribution in [1.82, 2.24) is 15.0 Å². The first-order valence-electron chi connectivity index (χ1n) is 8.43. The van der Waals surface area contributed by atoms with E-state index in [-0.39, 0.29) is 30.3 Å². The lowest BCUT2D eigenvalue weighted by Crippen LogP contribution is -2.34. The van der Waals surface area contributed by atoms with Gasteiger partial charge in [0.15, 0.2) is 12.1 Å². The fourth-order valence-electron chi connectivity index (χ4n) is 3.61. The van der Waals surface area contributed by atoms with Crippen molar-refractivity contribution < 1.29 is 19.3 Å². The van der Waals surface area contributed by atoms with Gasteiger partial charge in [-0.1, -0.05) is 17.3 Å². The summed E-state index contributed by atoms with van der Waals surface area (Å²) in [4.78, 5) is 12.5. The SMILES string of the molecule is CC1(C)O[C@@H]2O[C@H](CO)[C@H](CCn3nnc4ccccc4c3=O)[C@@H]2O1. The van der Waals surface area contributed by atoms with Crippen LogP contribution >= 0.6 is 0 Å². The molecular weight excluding hydrogens is 326 g/mol. The van der Waals surface area contributed by atoms with Gasteiger partial charge in [0.05, 0.1) is 18.1 Å². The molecule has 0 saturated carbocycles. The number of aliphatic hydroxyl groups excluding tert-OH is 1. The lowest BCUT2D eigenvalue weighted by Gasteiger charge is -2.24. The highest BCUT2D eigenvalue weighted by Gasteiger charge is 2.54. The lowest BCUT2D eigenvalue weighted by molar-refractivity contribution is -0.213. The summed E-state index contributed by atoms with van der Waals surface area (Å²) in [5.74, 6) is -0.801. The van der Waals surface area contributed by atoms with Crippen LogP contribution in [0.3, 0.4) is 0 Å². The molecular formula is C17H21N3O5. The second kappa shape index (κ2) is 6.14. The molecule has 2 aliphatic rings. The third-order valence-corrected chi connectivity index (χ3v) is 4.78. The number of aromatic nitrogens is 3. The van der Waals surface area contributed by atoms with Gasteiger partial charge in [-0.25, -0.2) is 4.68 Å². The van der Waals surface area contributed by atoms with Gasteiger partial charge in [0.2, 0.25) is 0 Å². The lowest BCUT2D eigenvalue weighted by atomic mass is 9.95. The van der Waals surface area contributed by atoms with Gasteiger partial charge in [0, 0.05) is 12.5 Å². The first kappa shape index (κ1) is 16.6. The zero-order valence-corrected chi connectivity index (χ0v) is 14.2. The summed E-state index contributed by atoms with van der Waals surface area (Å²) < 4.78 is 18.7. The van der Waals surface area contributed by atoms with Crippen LogP contribution in [0, 0.1) is 5.92 Å². The fraction of sp³-hybridized carbons (Fsp3) is 0.588. The summed E-state index contributed by atoms with van der Waals surface area (Å²) in [5, 5.41) is 18.2. The van der Waals surface area contributed by atoms with Gasteiger partial charge in [-0.05, 0) is 32.4 Å². The molecule has 0 bridgehead atoms. The van der Waals surface area contributed by atoms with E-state index in [4.69, 9.17) is 14.2 Å². The molecule has 1 aromatic carbocycles. The molecule has 0 amide bonds. The smallest absolute Gasteiger partial charge is 0.277 e. The summed E-state index contributed by atoms with van der Waals surface area (Å²) in [6, 6.07) is 7.13. The average Bonchev–Trinajstić information content (AvgIpc) is 3.06. The topological polar surface area (TPSA) is 95.7 Å². The van der Waals surface area contributed by atoms with E-state index < -0.39 is 12.1 Å². The zero-order chi connectivity index (χ0) is 17.6. The Morgan fingerprint density at radius 2 is 2.08 bits per heavy atom. The summed E-state index contributed by atoms with van der Waals surface area (Å²) >= 11 is 0. The van der Waals surface area contributed by atoms with Crippen LogP contribution in [0.15, 0.2) is 29.1 Å². The molecule has 1 N–H and O–H groups in total. The van der Waals surface area contributed by atoms with Gasteiger partial charge in [-0.3, -0.25) is 4.79 Å². The normalized spacial score (nSPS) is 30.7. The number of rotatable bonds is 4. The maximum Gasteiger partial charge on any atom is 0.277 e. The minimum atomic E-state index is -0.715. The first-order chi connectivity index (χ1) is 12.0. The van der Waals surface area contributed by atoms with Crippen LogP contribution in [0.5, 0.6) is 0 Å². The number of benzene rings is 1. The highest BCUT2D eigenvalue weighted by atomic mass is 16.8. The molecule has 2 aliphatic heterocycles. The van der Waals surface area contributed by atoms with Crippen LogP contribution in [-0.2, 0) is 20.8 Å². The largest absolute Gasteiger partial charge is 0.394 e. The van der Waals surface area contributed by atoms with Gasteiger partial charge >= 0.3 is 0 Å². The molecule has 4 atom stereocenters. The van der Waals surface area contributed by atoms with Crippen molar-refractivity contribution in [1.29, 1.82) is 0 Å². The van der Waals surface area contributed by atoms with Crippen molar-refractivity contribution in [2.75, 3.05) is 6.61 Å². The van der Waals surface area contributed by atoms with Crippen molar-refractivity contribution in [2.24, 2.45) is 5.92 Å². The molecule has 0 aliphatic carbocycles. The van der Waals surface area contributed by atoms with E-state index in [1.165, 1.54) is 4.68 Å². The quantitative estimate of drug-likeness (QED) is 0.868. The van der Waals surface area contributed by atoms with Crippen molar-refractivity contribution in [3.63, 3.8) is 0 Å². The van der Waals surface area contributed by atoms with Crippen molar-refractivity contribution in [3.8, 4) is 0 Å². The van der Waals surface area contributed by atoms with E-state index in [1.807, 2.05) is 19.9 Å². The van der Waals surface area contributed by atoms with Gasteiger partial charge in [0.25, 0.3) is 5.56 Å². The second-order valence-corrected chi connectivity index (χ2v) is 6.91. The molecule has 0 unspecified atom stereocenters. The molecule has 2 fully saturated rings. The Morgan fingerprint density at radius 3 is 2.88 bits per heavy atom. The molecule has 8 nitrogen and oxygen atoms in total. The Labute approximate surface area is 144 Å². The van der Waals surface area contributed by atoms with Gasteiger partial charge in [-0.15, -0.1) is 5.10 Å². The molecule has 1 aromatic heterocycles. The van der Waals surface area contributed by atoms with Crippen LogP contribution in [0.4, 0.5) is 0 Å². The summed E-state index contributed by atoms with van der Waals surface area (Å²) in [6.07, 6.45) is -0.568. The van der Waals surface area contributed by atoms with Crippen molar-refractivity contribution in [3.05, 3.63) is 34.6 Å². The van der Waals surface area contributed by atoms with Crippen LogP contribution < -0.4 is 5.56 Å². The molecule has 25 heavy (non-hydrogen) atoms. The third-order valence-electron chi connectivity index (χ3n) is 4.78. The van der Waals surface area contributed by atoms with E-state index >= 15 is 0 Å². The fourth-order valence-corrected chi connectivity index (χ4v) is 3.61. The van der Waals surface area contributed by atoms with E-state index in [9.17, 15) is 9.90 Å². The molecule has 8 heteroatoms. The number of aliphatic hydroxyl groups is 1. The van der Waals surface area contributed by atoms with E-state index in [0.717, 1.165) is 0 Å². The Kier molecular flexibility index (Phi) is 4.07. The number of aryl methyl sites for hydroxylation is 1. The Balaban J connectivity index is 1.54. The minimum absolute atomic E-state index is 0.0862. The molecule has 4 rings (SSSR count). The van der Waals surface area contributed by atoms with Gasteiger partial charge in [-0.2, -0.15) is 0 Å². The Hall–Kier alpha value is -1.87. The molecule has 134 valence electrons. The highest BCUT2D eigenvalue weighted by Crippen LogP contribution is 2.41. The standard InChI is InChI=1S/C17H21N3O5/c1-17(2)24-14-11(13(9-21)23-16(14)25-17)7-8-20-15(22)10-5-3-4-6-12(10)18-19-20/h3-6,11,13-14,16,21H,7-9H2,1-2H3/t11-,13+,14-,16-/m0/s1. The van der Waals surface area contributed by atoms with Crippen LogP contribution in [0.1, 0.15) is 20.3 Å². The molecule has 2 saturated heterocycles. The third kappa shape index (κ3) is 2.95. The number of fused-ring (bicyclic) bond motifs is 2. The summed E-state index contributed by atoms with van der Waals surface area (Å²) in [6.45, 7) is 3.91. The predicted molar refractivity (Wildman–Crippen MR) is 87.7 cm³/mol. The van der Waals surface area contributed by atoms with Crippen molar-refractivity contribution >= 4 is 10.9 Å². The molecule has 0 radical (unpaired) electrons. The van der Waals surface area contributed by atoms with Gasteiger partial charge in [0.1, 0.15) is 11.6 Å². The maximum absolute atomic E-state index is 12.5. The average molecular weight is 347 g/mol. The number of hydrogen-bond acceptors (Lipinski definition) is 7. The number of hydrogen-bond donors (Lipinski definition) is 1. The minimum Gasteiger partial charge on any atom is -0.394 e. The van der Waals surface area contributed by atoms with E-state index in [1.54, 1.807) is 18.2 Å². The second-order valence-electron chi connectivity index (χ2n) is 6.91. The number of nitrogens with zero attached hydrogens (tertiary/aromatic N) is 3. The first-order valence-corrected chi connectivity index (χ1v) is 8.43. The van der Waals surface area contributed by atoms with Gasteiger partial charge < -0.3 is 19.3 Å². The Bertz CT molecular complexity index is 836. The predicted octanol–water partition coefficient (Wildman–Crippen LogP) is 0.666. The molecule has 3 heterocycles. The summed E-state index contributed by atoms with van der Waals surface area (Å²) in [5.41, 5.74) is 0.404. The van der Waals surface area contributed by atoms with Crippen molar-refractivity contribution in [2.45, 2.75) is 51.1 Å². The zero-order valence-electron chi connectivity index (χ0n) is 14.2. The molecule has 0 spiro atoms. The molecule has 2 aromatic rings. The maximum atomic E-state index is 12.5. The van der Waals surface area contributed by atoms with Crippen LogP contribution in [0.2, 0.25) is 0 Å². The van der Waals surface area contributed by atoms with Crippen LogP contribution in [-0.4, -0.2) is 51.0 Å². The monoisotopic (exact) mass is 347 g/mol. The van der Waals surface area contributed by atoms with Crippen LogP contribution in [0.25, 0.3) is 10.9 Å². The van der Waals surface area contributed by atoms with E-state index in [2.05, 4.69) is 10.3 Å².